The minimum Gasteiger partial charge on any atom is -0.464 e. The monoisotopic (exact) mass is 370 g/mol. The Morgan fingerprint density at radius 2 is 1.85 bits per heavy atom. The third-order valence-electron chi connectivity index (χ3n) is 4.76. The summed E-state index contributed by atoms with van der Waals surface area (Å²) in [6.45, 7) is 7.80. The fraction of sp³-hybridized carbons (Fsp3) is 0.429. The Morgan fingerprint density at radius 1 is 1.19 bits per heavy atom. The summed E-state index contributed by atoms with van der Waals surface area (Å²) in [4.78, 5) is 29.2. The molecule has 6 heteroatoms. The lowest BCUT2D eigenvalue weighted by Gasteiger charge is -2.31. The van der Waals surface area contributed by atoms with Gasteiger partial charge in [-0.2, -0.15) is 0 Å². The zero-order valence-corrected chi connectivity index (χ0v) is 16.2. The number of ether oxygens (including phenoxy) is 2. The van der Waals surface area contributed by atoms with Crippen molar-refractivity contribution in [1.29, 1.82) is 0 Å². The van der Waals surface area contributed by atoms with E-state index in [9.17, 15) is 9.59 Å². The molecule has 0 saturated heterocycles. The molecule has 2 heterocycles. The molecule has 1 aliphatic heterocycles. The van der Waals surface area contributed by atoms with Crippen molar-refractivity contribution in [2.75, 3.05) is 13.2 Å². The molecule has 1 aliphatic rings. The van der Waals surface area contributed by atoms with Crippen LogP contribution in [0.25, 0.3) is 10.9 Å². The van der Waals surface area contributed by atoms with Gasteiger partial charge in [0.1, 0.15) is 0 Å². The number of hydrogen-bond acceptors (Lipinski definition) is 5. The van der Waals surface area contributed by atoms with Crippen LogP contribution >= 0.6 is 0 Å². The van der Waals surface area contributed by atoms with Crippen molar-refractivity contribution < 1.29 is 19.1 Å². The van der Waals surface area contributed by atoms with Crippen molar-refractivity contribution >= 4 is 22.8 Å². The molecular formula is C21H26N2O4. The Kier molecular flexibility index (Phi) is 5.37. The lowest BCUT2D eigenvalue weighted by Crippen LogP contribution is -2.61. The largest absolute Gasteiger partial charge is 0.464 e. The molecule has 3 rings (SSSR count). The molecule has 2 N–H and O–H groups in total. The van der Waals surface area contributed by atoms with E-state index in [1.807, 2.05) is 44.3 Å². The fourth-order valence-electron chi connectivity index (χ4n) is 3.68. The molecule has 0 aliphatic carbocycles. The average molecular weight is 370 g/mol. The second kappa shape index (κ2) is 7.56. The zero-order chi connectivity index (χ0) is 19.6. The van der Waals surface area contributed by atoms with Gasteiger partial charge in [-0.15, -0.1) is 0 Å². The zero-order valence-electron chi connectivity index (χ0n) is 16.2. The van der Waals surface area contributed by atoms with Gasteiger partial charge in [-0.3, -0.25) is 5.32 Å². The Labute approximate surface area is 158 Å². The highest BCUT2D eigenvalue weighted by molar-refractivity contribution is 6.06. The van der Waals surface area contributed by atoms with Crippen LogP contribution < -0.4 is 5.32 Å². The summed E-state index contributed by atoms with van der Waals surface area (Å²) >= 11 is 0. The van der Waals surface area contributed by atoms with Crippen LogP contribution in [0.1, 0.15) is 44.9 Å². The number of H-pyrrole nitrogens is 1. The molecule has 27 heavy (non-hydrogen) atoms. The van der Waals surface area contributed by atoms with Crippen molar-refractivity contribution in [3.63, 3.8) is 0 Å². The van der Waals surface area contributed by atoms with Gasteiger partial charge in [0.25, 0.3) is 0 Å². The van der Waals surface area contributed by atoms with Crippen LogP contribution in [0.4, 0.5) is 0 Å². The number of aromatic nitrogens is 1. The molecule has 1 aromatic carbocycles. The van der Waals surface area contributed by atoms with E-state index < -0.39 is 17.5 Å². The number of rotatable bonds is 5. The molecule has 0 saturated carbocycles. The summed E-state index contributed by atoms with van der Waals surface area (Å²) in [7, 11) is 0. The van der Waals surface area contributed by atoms with Crippen LogP contribution in [-0.2, 0) is 25.5 Å². The second-order valence-electron chi connectivity index (χ2n) is 6.97. The van der Waals surface area contributed by atoms with Crippen molar-refractivity contribution in [3.8, 4) is 0 Å². The summed E-state index contributed by atoms with van der Waals surface area (Å²) in [5.41, 5.74) is 2.35. The third-order valence-corrected chi connectivity index (χ3v) is 4.76. The van der Waals surface area contributed by atoms with Crippen molar-refractivity contribution in [2.45, 2.75) is 45.7 Å². The maximum atomic E-state index is 13.0. The molecule has 0 bridgehead atoms. The first-order chi connectivity index (χ1) is 12.9. The van der Waals surface area contributed by atoms with Gasteiger partial charge < -0.3 is 14.5 Å². The average Bonchev–Trinajstić information content (AvgIpc) is 2.96. The topological polar surface area (TPSA) is 80.4 Å². The third kappa shape index (κ3) is 3.37. The summed E-state index contributed by atoms with van der Waals surface area (Å²) in [6.07, 6.45) is 4.03. The molecule has 6 nitrogen and oxygen atoms in total. The molecule has 0 fully saturated rings. The SMILES string of the molecule is CCOC(=O)C1(C(=O)OCC)Cc2c[nH]c3cccc(c23)C(C=C(C)C)N1. The molecule has 0 spiro atoms. The van der Waals surface area contributed by atoms with Gasteiger partial charge in [-0.25, -0.2) is 9.59 Å². The Hall–Kier alpha value is -2.60. The maximum absolute atomic E-state index is 13.0. The molecule has 0 radical (unpaired) electrons. The first kappa shape index (κ1) is 19.2. The van der Waals surface area contributed by atoms with Crippen LogP contribution in [0.2, 0.25) is 0 Å². The van der Waals surface area contributed by atoms with E-state index in [1.54, 1.807) is 13.8 Å². The fourth-order valence-corrected chi connectivity index (χ4v) is 3.68. The number of allylic oxidation sites excluding steroid dienone is 1. The summed E-state index contributed by atoms with van der Waals surface area (Å²) in [5.74, 6) is -1.23. The van der Waals surface area contributed by atoms with E-state index in [1.165, 1.54) is 0 Å². The van der Waals surface area contributed by atoms with E-state index in [0.29, 0.717) is 0 Å². The maximum Gasteiger partial charge on any atom is 0.338 e. The Bertz CT molecular complexity index is 875. The van der Waals surface area contributed by atoms with Crippen LogP contribution in [0.15, 0.2) is 36.0 Å². The highest BCUT2D eigenvalue weighted by Gasteiger charge is 2.52. The molecular weight excluding hydrogens is 344 g/mol. The predicted octanol–water partition coefficient (Wildman–Crippen LogP) is 3.19. The minimum atomic E-state index is -1.60. The van der Waals surface area contributed by atoms with Gasteiger partial charge in [-0.05, 0) is 44.9 Å². The predicted molar refractivity (Wildman–Crippen MR) is 103 cm³/mol. The van der Waals surface area contributed by atoms with E-state index in [-0.39, 0.29) is 25.7 Å². The standard InChI is InChI=1S/C21H26N2O4/c1-5-26-19(24)21(20(25)27-6-2)11-14-12-22-16-9-7-8-15(18(14)16)17(23-21)10-13(3)4/h7-10,12,17,22-23H,5-6,11H2,1-4H3. The van der Waals surface area contributed by atoms with Crippen LogP contribution in [0, 0.1) is 0 Å². The van der Waals surface area contributed by atoms with Crippen LogP contribution in [0.3, 0.4) is 0 Å². The molecule has 1 atom stereocenters. The van der Waals surface area contributed by atoms with Crippen molar-refractivity contribution in [2.24, 2.45) is 0 Å². The highest BCUT2D eigenvalue weighted by Crippen LogP contribution is 2.36. The second-order valence-corrected chi connectivity index (χ2v) is 6.97. The summed E-state index contributed by atoms with van der Waals surface area (Å²) in [6, 6.07) is 5.64. The minimum absolute atomic E-state index is 0.161. The van der Waals surface area contributed by atoms with Crippen molar-refractivity contribution in [1.82, 2.24) is 10.3 Å². The summed E-state index contributed by atoms with van der Waals surface area (Å²) in [5, 5.41) is 4.31. The van der Waals surface area contributed by atoms with Crippen molar-refractivity contribution in [3.05, 3.63) is 47.2 Å². The van der Waals surface area contributed by atoms with Gasteiger partial charge in [0.2, 0.25) is 5.54 Å². The van der Waals surface area contributed by atoms with E-state index in [4.69, 9.17) is 9.47 Å². The van der Waals surface area contributed by atoms with E-state index in [0.717, 1.165) is 27.6 Å². The van der Waals surface area contributed by atoms with Gasteiger partial charge in [0.15, 0.2) is 0 Å². The number of aromatic amines is 1. The van der Waals surface area contributed by atoms with Gasteiger partial charge in [0, 0.05) is 23.5 Å². The molecule has 0 amide bonds. The van der Waals surface area contributed by atoms with Gasteiger partial charge in [-0.1, -0.05) is 23.8 Å². The summed E-state index contributed by atoms with van der Waals surface area (Å²) < 4.78 is 10.6. The van der Waals surface area contributed by atoms with Gasteiger partial charge >= 0.3 is 11.9 Å². The molecule has 144 valence electrons. The number of hydrogen-bond donors (Lipinski definition) is 2. The quantitative estimate of drug-likeness (QED) is 0.480. The number of carbonyl (C=O) groups is 2. The Morgan fingerprint density at radius 3 is 2.44 bits per heavy atom. The van der Waals surface area contributed by atoms with Crippen LogP contribution in [-0.4, -0.2) is 35.7 Å². The van der Waals surface area contributed by atoms with Gasteiger partial charge in [0.05, 0.1) is 19.3 Å². The lowest BCUT2D eigenvalue weighted by atomic mass is 9.91. The smallest absolute Gasteiger partial charge is 0.338 e. The lowest BCUT2D eigenvalue weighted by molar-refractivity contribution is -0.166. The normalized spacial score (nSPS) is 17.9. The Balaban J connectivity index is 2.23. The number of carbonyl (C=O) groups excluding carboxylic acids is 2. The van der Waals surface area contributed by atoms with E-state index in [2.05, 4.69) is 10.3 Å². The molecule has 1 aromatic heterocycles. The number of nitrogens with one attached hydrogen (secondary N) is 2. The first-order valence-corrected chi connectivity index (χ1v) is 9.29. The first-order valence-electron chi connectivity index (χ1n) is 9.29. The molecule has 1 unspecified atom stereocenters. The number of esters is 2. The highest BCUT2D eigenvalue weighted by atomic mass is 16.6. The van der Waals surface area contributed by atoms with Crippen LogP contribution in [0.5, 0.6) is 0 Å². The molecule has 2 aromatic rings. The number of benzene rings is 1. The van der Waals surface area contributed by atoms with E-state index >= 15 is 0 Å².